The number of hydrogen-bond donors (Lipinski definition) is 1. The van der Waals surface area contributed by atoms with Crippen molar-refractivity contribution in [3.8, 4) is 6.01 Å². The third-order valence-corrected chi connectivity index (χ3v) is 5.46. The van der Waals surface area contributed by atoms with Crippen LogP contribution in [0, 0.1) is 5.82 Å². The van der Waals surface area contributed by atoms with Gasteiger partial charge in [-0.15, -0.1) is 0 Å². The normalized spacial score (nSPS) is 22.2. The van der Waals surface area contributed by atoms with E-state index in [0.29, 0.717) is 30.8 Å². The highest BCUT2D eigenvalue weighted by atomic mass is 19.1. The molecule has 3 aromatic rings. The van der Waals surface area contributed by atoms with Gasteiger partial charge in [-0.1, -0.05) is 0 Å². The van der Waals surface area contributed by atoms with Gasteiger partial charge in [-0.3, -0.25) is 0 Å². The van der Waals surface area contributed by atoms with Gasteiger partial charge in [-0.05, 0) is 25.7 Å². The Kier molecular flexibility index (Phi) is 5.26. The van der Waals surface area contributed by atoms with Gasteiger partial charge in [0.05, 0.1) is 25.6 Å². The van der Waals surface area contributed by atoms with Gasteiger partial charge in [0, 0.05) is 25.2 Å². The lowest BCUT2D eigenvalue weighted by molar-refractivity contribution is 0.121. The van der Waals surface area contributed by atoms with Crippen molar-refractivity contribution in [3.05, 3.63) is 30.6 Å². The molecule has 0 unspecified atom stereocenters. The van der Waals surface area contributed by atoms with E-state index in [1.165, 1.54) is 18.7 Å². The molecule has 11 heteroatoms. The number of anilines is 2. The minimum absolute atomic E-state index is 0.0389. The number of nitrogens with zero attached hydrogens (tertiary/aromatic N) is 7. The summed E-state index contributed by atoms with van der Waals surface area (Å²) in [6, 6.07) is 2.62. The lowest BCUT2D eigenvalue weighted by Crippen LogP contribution is -2.37. The minimum atomic E-state index is -0.441. The van der Waals surface area contributed by atoms with E-state index in [9.17, 15) is 4.39 Å². The molecule has 0 spiro atoms. The maximum Gasteiger partial charge on any atom is 0.321 e. The highest BCUT2D eigenvalue weighted by Gasteiger charge is 2.25. The van der Waals surface area contributed by atoms with Crippen molar-refractivity contribution in [2.24, 2.45) is 0 Å². The van der Waals surface area contributed by atoms with Crippen molar-refractivity contribution < 1.29 is 13.9 Å². The van der Waals surface area contributed by atoms with Gasteiger partial charge in [-0.2, -0.15) is 14.6 Å². The van der Waals surface area contributed by atoms with Crippen LogP contribution >= 0.6 is 0 Å². The van der Waals surface area contributed by atoms with Crippen LogP contribution in [-0.4, -0.2) is 68.0 Å². The van der Waals surface area contributed by atoms with E-state index in [4.69, 9.17) is 14.5 Å². The summed E-state index contributed by atoms with van der Waals surface area (Å²) >= 11 is 0. The van der Waals surface area contributed by atoms with E-state index in [0.717, 1.165) is 44.6 Å². The summed E-state index contributed by atoms with van der Waals surface area (Å²) in [4.78, 5) is 19.2. The van der Waals surface area contributed by atoms with Crippen LogP contribution in [0.4, 0.5) is 16.2 Å². The fourth-order valence-corrected chi connectivity index (χ4v) is 3.86. The zero-order valence-electron chi connectivity index (χ0n) is 16.4. The molecule has 2 aliphatic rings. The third kappa shape index (κ3) is 4.11. The Morgan fingerprint density at radius 1 is 1.07 bits per heavy atom. The Labute approximate surface area is 172 Å². The molecular formula is C19H23FN8O2. The molecular weight excluding hydrogens is 391 g/mol. The smallest absolute Gasteiger partial charge is 0.321 e. The van der Waals surface area contributed by atoms with Crippen LogP contribution in [-0.2, 0) is 4.74 Å². The molecule has 3 aromatic heterocycles. The fourth-order valence-electron chi connectivity index (χ4n) is 3.86. The molecule has 0 aromatic carbocycles. The van der Waals surface area contributed by atoms with E-state index < -0.39 is 5.82 Å². The largest absolute Gasteiger partial charge is 0.460 e. The van der Waals surface area contributed by atoms with Gasteiger partial charge in [0.2, 0.25) is 5.95 Å². The summed E-state index contributed by atoms with van der Waals surface area (Å²) in [6.45, 7) is 2.95. The quantitative estimate of drug-likeness (QED) is 0.668. The van der Waals surface area contributed by atoms with Gasteiger partial charge in [0.15, 0.2) is 11.5 Å². The highest BCUT2D eigenvalue weighted by molar-refractivity contribution is 5.52. The molecule has 4 heterocycles. The van der Waals surface area contributed by atoms with Crippen molar-refractivity contribution in [3.63, 3.8) is 0 Å². The number of fused-ring (bicyclic) bond motifs is 1. The molecule has 10 nitrogen and oxygen atoms in total. The highest BCUT2D eigenvalue weighted by Crippen LogP contribution is 2.26. The predicted molar refractivity (Wildman–Crippen MR) is 106 cm³/mol. The summed E-state index contributed by atoms with van der Waals surface area (Å²) in [5, 5.41) is 7.53. The average molecular weight is 414 g/mol. The van der Waals surface area contributed by atoms with Crippen molar-refractivity contribution in [1.29, 1.82) is 0 Å². The standard InChI is InChI=1S/C19H23FN8O2/c20-13-10-21-18(22-11-13)25-14-1-3-15(4-2-14)30-19-26-17(27-5-7-29-8-6-27)9-16-23-12-24-28(16)19/h9-12,14-15H,1-8H2,(H,21,22,25)/t14-,15+. The first kappa shape index (κ1) is 18.9. The zero-order chi connectivity index (χ0) is 20.3. The molecule has 1 N–H and O–H groups in total. The first-order valence-electron chi connectivity index (χ1n) is 10.2. The van der Waals surface area contributed by atoms with Gasteiger partial charge < -0.3 is 19.7 Å². The van der Waals surface area contributed by atoms with E-state index in [1.807, 2.05) is 6.07 Å². The Morgan fingerprint density at radius 3 is 2.60 bits per heavy atom. The monoisotopic (exact) mass is 414 g/mol. The third-order valence-electron chi connectivity index (χ3n) is 5.46. The molecule has 0 amide bonds. The second kappa shape index (κ2) is 8.34. The van der Waals surface area contributed by atoms with Crippen molar-refractivity contribution in [1.82, 2.24) is 29.5 Å². The van der Waals surface area contributed by atoms with Crippen molar-refractivity contribution in [2.45, 2.75) is 37.8 Å². The SMILES string of the molecule is Fc1cnc(N[C@H]2CC[C@@H](Oc3nc(N4CCOCC4)cc4ncnn34)CC2)nc1. The van der Waals surface area contributed by atoms with E-state index in [2.05, 4.69) is 30.3 Å². The number of rotatable bonds is 5. The van der Waals surface area contributed by atoms with Crippen LogP contribution in [0.2, 0.25) is 0 Å². The number of hydrogen-bond acceptors (Lipinski definition) is 9. The summed E-state index contributed by atoms with van der Waals surface area (Å²) in [5.74, 6) is 0.839. The van der Waals surface area contributed by atoms with Crippen LogP contribution in [0.1, 0.15) is 25.7 Å². The molecule has 0 bridgehead atoms. The molecule has 1 aliphatic carbocycles. The number of aromatic nitrogens is 6. The van der Waals surface area contributed by atoms with Gasteiger partial charge in [0.1, 0.15) is 18.2 Å². The maximum atomic E-state index is 13.0. The lowest BCUT2D eigenvalue weighted by Gasteiger charge is -2.30. The molecule has 2 fully saturated rings. The van der Waals surface area contributed by atoms with Crippen LogP contribution in [0.3, 0.4) is 0 Å². The summed E-state index contributed by atoms with van der Waals surface area (Å²) < 4.78 is 26.3. The molecule has 0 radical (unpaired) electrons. The molecule has 1 aliphatic heterocycles. The predicted octanol–water partition coefficient (Wildman–Crippen LogP) is 1.69. The molecule has 158 valence electrons. The first-order valence-corrected chi connectivity index (χ1v) is 10.2. The fraction of sp³-hybridized carbons (Fsp3) is 0.526. The lowest BCUT2D eigenvalue weighted by atomic mass is 9.93. The maximum absolute atomic E-state index is 13.0. The number of halogens is 1. The number of ether oxygens (including phenoxy) is 2. The second-order valence-corrected chi connectivity index (χ2v) is 7.49. The Balaban J connectivity index is 1.24. The average Bonchev–Trinajstić information content (AvgIpc) is 3.26. The Bertz CT molecular complexity index is 984. The van der Waals surface area contributed by atoms with Gasteiger partial charge in [-0.25, -0.2) is 19.3 Å². The minimum Gasteiger partial charge on any atom is -0.460 e. The molecule has 30 heavy (non-hydrogen) atoms. The topological polar surface area (TPSA) is 103 Å². The van der Waals surface area contributed by atoms with Gasteiger partial charge in [0.25, 0.3) is 0 Å². The van der Waals surface area contributed by atoms with E-state index >= 15 is 0 Å². The Hall–Kier alpha value is -3.08. The summed E-state index contributed by atoms with van der Waals surface area (Å²) in [5.41, 5.74) is 0.713. The summed E-state index contributed by atoms with van der Waals surface area (Å²) in [6.07, 6.45) is 7.40. The zero-order valence-corrected chi connectivity index (χ0v) is 16.4. The van der Waals surface area contributed by atoms with Crippen molar-refractivity contribution >= 4 is 17.4 Å². The van der Waals surface area contributed by atoms with E-state index in [-0.39, 0.29) is 12.1 Å². The first-order chi connectivity index (χ1) is 14.7. The molecule has 5 rings (SSSR count). The van der Waals surface area contributed by atoms with Crippen LogP contribution in [0.5, 0.6) is 6.01 Å². The molecule has 1 saturated heterocycles. The Morgan fingerprint density at radius 2 is 1.83 bits per heavy atom. The second-order valence-electron chi connectivity index (χ2n) is 7.49. The van der Waals surface area contributed by atoms with E-state index in [1.54, 1.807) is 4.52 Å². The molecule has 0 atom stereocenters. The van der Waals surface area contributed by atoms with Crippen molar-refractivity contribution in [2.75, 3.05) is 36.5 Å². The molecule has 1 saturated carbocycles. The summed E-state index contributed by atoms with van der Waals surface area (Å²) in [7, 11) is 0. The van der Waals surface area contributed by atoms with Crippen LogP contribution in [0.15, 0.2) is 24.8 Å². The number of morpholine rings is 1. The number of nitrogens with one attached hydrogen (secondary N) is 1. The van der Waals surface area contributed by atoms with Gasteiger partial charge >= 0.3 is 6.01 Å². The van der Waals surface area contributed by atoms with Crippen LogP contribution < -0.4 is 15.0 Å². The van der Waals surface area contributed by atoms with Crippen LogP contribution in [0.25, 0.3) is 5.65 Å².